The first-order valence-electron chi connectivity index (χ1n) is 8.15. The van der Waals surface area contributed by atoms with E-state index < -0.39 is 0 Å². The minimum Gasteiger partial charge on any atom is -0.454 e. The van der Waals surface area contributed by atoms with Crippen LogP contribution in [-0.4, -0.2) is 17.7 Å². The van der Waals surface area contributed by atoms with Crippen molar-refractivity contribution in [1.82, 2.24) is 10.3 Å². The number of nitrogens with zero attached hydrogens (tertiary/aromatic N) is 1. The summed E-state index contributed by atoms with van der Waals surface area (Å²) in [5.41, 5.74) is 4.36. The Balaban J connectivity index is 1.59. The molecule has 126 valence electrons. The van der Waals surface area contributed by atoms with E-state index in [-0.39, 0.29) is 12.7 Å². The van der Waals surface area contributed by atoms with E-state index in [2.05, 4.69) is 10.3 Å². The number of rotatable bonds is 3. The molecule has 1 N–H and O–H groups in total. The third-order valence-corrected chi connectivity index (χ3v) is 4.23. The van der Waals surface area contributed by atoms with Crippen molar-refractivity contribution in [2.24, 2.45) is 0 Å². The molecule has 0 aliphatic carbocycles. The average Bonchev–Trinajstić information content (AvgIpc) is 3.07. The summed E-state index contributed by atoms with van der Waals surface area (Å²) < 4.78 is 10.7. The molecule has 5 nitrogen and oxygen atoms in total. The van der Waals surface area contributed by atoms with Gasteiger partial charge in [0.1, 0.15) is 0 Å². The summed E-state index contributed by atoms with van der Waals surface area (Å²) in [7, 11) is 0. The van der Waals surface area contributed by atoms with Gasteiger partial charge in [-0.05, 0) is 49.7 Å². The van der Waals surface area contributed by atoms with Crippen molar-refractivity contribution in [3.63, 3.8) is 0 Å². The highest BCUT2D eigenvalue weighted by atomic mass is 16.7. The van der Waals surface area contributed by atoms with E-state index in [4.69, 9.17) is 9.47 Å². The smallest absolute Gasteiger partial charge is 0.252 e. The average molecular weight is 334 g/mol. The first-order chi connectivity index (χ1) is 12.1. The summed E-state index contributed by atoms with van der Waals surface area (Å²) in [4.78, 5) is 17.2. The highest BCUT2D eigenvalue weighted by Crippen LogP contribution is 2.32. The summed E-state index contributed by atoms with van der Waals surface area (Å²) in [5, 5.41) is 3.85. The molecule has 1 amide bonds. The Morgan fingerprint density at radius 3 is 2.80 bits per heavy atom. The first kappa shape index (κ1) is 15.4. The molecule has 2 heterocycles. The van der Waals surface area contributed by atoms with Crippen LogP contribution < -0.4 is 14.8 Å². The Morgan fingerprint density at radius 2 is 1.92 bits per heavy atom. The van der Waals surface area contributed by atoms with Gasteiger partial charge >= 0.3 is 0 Å². The summed E-state index contributed by atoms with van der Waals surface area (Å²) in [5.74, 6) is 1.34. The second kappa shape index (κ2) is 6.09. The lowest BCUT2D eigenvalue weighted by Gasteiger charge is -2.10. The molecule has 1 aliphatic heterocycles. The molecule has 0 unspecified atom stereocenters. The predicted octanol–water partition coefficient (Wildman–Crippen LogP) is 3.51. The predicted molar refractivity (Wildman–Crippen MR) is 95.0 cm³/mol. The van der Waals surface area contributed by atoms with Crippen LogP contribution in [0.15, 0.2) is 42.5 Å². The fraction of sp³-hybridized carbons (Fsp3) is 0.200. The van der Waals surface area contributed by atoms with Crippen LogP contribution in [0.25, 0.3) is 10.9 Å². The van der Waals surface area contributed by atoms with E-state index in [0.29, 0.717) is 17.9 Å². The van der Waals surface area contributed by atoms with Crippen molar-refractivity contribution in [3.8, 4) is 11.5 Å². The zero-order chi connectivity index (χ0) is 17.4. The van der Waals surface area contributed by atoms with E-state index >= 15 is 0 Å². The van der Waals surface area contributed by atoms with Crippen LogP contribution in [0, 0.1) is 13.8 Å². The highest BCUT2D eigenvalue weighted by Gasteiger charge is 2.15. The van der Waals surface area contributed by atoms with Gasteiger partial charge in [0.25, 0.3) is 5.91 Å². The van der Waals surface area contributed by atoms with Crippen molar-refractivity contribution in [3.05, 3.63) is 64.8 Å². The number of hydrogen-bond donors (Lipinski definition) is 1. The Kier molecular flexibility index (Phi) is 3.76. The van der Waals surface area contributed by atoms with Gasteiger partial charge in [0.2, 0.25) is 6.79 Å². The second-order valence-electron chi connectivity index (χ2n) is 6.20. The normalized spacial score (nSPS) is 12.4. The number of aromatic nitrogens is 1. The molecule has 0 saturated carbocycles. The number of pyridine rings is 1. The molecular formula is C20H18N2O3. The second-order valence-corrected chi connectivity index (χ2v) is 6.20. The zero-order valence-corrected chi connectivity index (χ0v) is 14.1. The molecule has 0 spiro atoms. The van der Waals surface area contributed by atoms with E-state index in [0.717, 1.165) is 33.5 Å². The fourth-order valence-electron chi connectivity index (χ4n) is 2.99. The van der Waals surface area contributed by atoms with Crippen LogP contribution in [0.5, 0.6) is 11.5 Å². The number of nitrogens with one attached hydrogen (secondary N) is 1. The molecular weight excluding hydrogens is 316 g/mol. The molecule has 1 aliphatic rings. The molecule has 0 radical (unpaired) electrons. The number of aryl methyl sites for hydroxylation is 2. The van der Waals surface area contributed by atoms with Gasteiger partial charge in [-0.3, -0.25) is 9.78 Å². The monoisotopic (exact) mass is 334 g/mol. The van der Waals surface area contributed by atoms with Crippen LogP contribution in [0.2, 0.25) is 0 Å². The van der Waals surface area contributed by atoms with Gasteiger partial charge in [0, 0.05) is 17.6 Å². The van der Waals surface area contributed by atoms with Gasteiger partial charge in [-0.25, -0.2) is 0 Å². The molecule has 1 aromatic heterocycles. The summed E-state index contributed by atoms with van der Waals surface area (Å²) in [6, 6.07) is 13.5. The topological polar surface area (TPSA) is 60.5 Å². The van der Waals surface area contributed by atoms with Crippen LogP contribution >= 0.6 is 0 Å². The summed E-state index contributed by atoms with van der Waals surface area (Å²) in [6.45, 7) is 4.57. The lowest BCUT2D eigenvalue weighted by atomic mass is 10.0. The number of carbonyl (C=O) groups excluding carboxylic acids is 1. The molecule has 2 aromatic carbocycles. The standard InChI is InChI=1S/C20H18N2O3/c1-12-3-5-17-15(7-12)16(8-13(2)22-17)20(23)21-10-14-4-6-18-19(9-14)25-11-24-18/h3-9H,10-11H2,1-2H3,(H,21,23). The number of amides is 1. The maximum absolute atomic E-state index is 12.7. The largest absolute Gasteiger partial charge is 0.454 e. The Morgan fingerprint density at radius 1 is 1.08 bits per heavy atom. The molecule has 0 atom stereocenters. The zero-order valence-electron chi connectivity index (χ0n) is 14.1. The molecule has 0 fully saturated rings. The fourth-order valence-corrected chi connectivity index (χ4v) is 2.99. The SMILES string of the molecule is Cc1ccc2nc(C)cc(C(=O)NCc3ccc4c(c3)OCO4)c2c1. The molecule has 25 heavy (non-hydrogen) atoms. The number of benzene rings is 2. The number of hydrogen-bond acceptors (Lipinski definition) is 4. The van der Waals surface area contributed by atoms with E-state index in [1.54, 1.807) is 0 Å². The molecule has 4 rings (SSSR count). The molecule has 5 heteroatoms. The van der Waals surface area contributed by atoms with Gasteiger partial charge in [0.15, 0.2) is 11.5 Å². The lowest BCUT2D eigenvalue weighted by molar-refractivity contribution is 0.0952. The van der Waals surface area contributed by atoms with E-state index in [1.807, 2.05) is 56.3 Å². The van der Waals surface area contributed by atoms with Crippen LogP contribution in [0.3, 0.4) is 0 Å². The van der Waals surface area contributed by atoms with Gasteiger partial charge in [-0.2, -0.15) is 0 Å². The lowest BCUT2D eigenvalue weighted by Crippen LogP contribution is -2.23. The van der Waals surface area contributed by atoms with Crippen LogP contribution in [0.4, 0.5) is 0 Å². The van der Waals surface area contributed by atoms with Crippen molar-refractivity contribution < 1.29 is 14.3 Å². The maximum atomic E-state index is 12.7. The van der Waals surface area contributed by atoms with E-state index in [1.165, 1.54) is 0 Å². The van der Waals surface area contributed by atoms with Gasteiger partial charge in [0.05, 0.1) is 11.1 Å². The molecule has 0 saturated heterocycles. The van der Waals surface area contributed by atoms with Gasteiger partial charge in [-0.15, -0.1) is 0 Å². The molecule has 3 aromatic rings. The molecule has 0 bridgehead atoms. The third-order valence-electron chi connectivity index (χ3n) is 4.23. The Hall–Kier alpha value is -3.08. The number of ether oxygens (including phenoxy) is 2. The van der Waals surface area contributed by atoms with Crippen molar-refractivity contribution in [1.29, 1.82) is 0 Å². The van der Waals surface area contributed by atoms with Crippen molar-refractivity contribution in [2.45, 2.75) is 20.4 Å². The number of fused-ring (bicyclic) bond motifs is 2. The van der Waals surface area contributed by atoms with Crippen molar-refractivity contribution in [2.75, 3.05) is 6.79 Å². The Bertz CT molecular complexity index is 982. The Labute approximate surface area is 145 Å². The maximum Gasteiger partial charge on any atom is 0.252 e. The van der Waals surface area contributed by atoms with Gasteiger partial charge in [-0.1, -0.05) is 17.7 Å². The minimum absolute atomic E-state index is 0.112. The summed E-state index contributed by atoms with van der Waals surface area (Å²) >= 11 is 0. The highest BCUT2D eigenvalue weighted by molar-refractivity contribution is 6.06. The third kappa shape index (κ3) is 3.01. The summed E-state index contributed by atoms with van der Waals surface area (Å²) in [6.07, 6.45) is 0. The minimum atomic E-state index is -0.112. The van der Waals surface area contributed by atoms with Crippen LogP contribution in [0.1, 0.15) is 27.2 Å². The first-order valence-corrected chi connectivity index (χ1v) is 8.15. The quantitative estimate of drug-likeness (QED) is 0.796. The van der Waals surface area contributed by atoms with Gasteiger partial charge < -0.3 is 14.8 Å². The van der Waals surface area contributed by atoms with E-state index in [9.17, 15) is 4.79 Å². The van der Waals surface area contributed by atoms with Crippen molar-refractivity contribution >= 4 is 16.8 Å². The van der Waals surface area contributed by atoms with Crippen LogP contribution in [-0.2, 0) is 6.54 Å². The number of carbonyl (C=O) groups is 1.